The number of alkyl halides is 2. The second-order valence-electron chi connectivity index (χ2n) is 2.25. The number of hydrogen-bond acceptors (Lipinski definition) is 7. The predicted molar refractivity (Wildman–Crippen MR) is 55.7 cm³/mol. The molecule has 0 aliphatic rings. The number of aliphatic carboxylic acids is 1. The lowest BCUT2D eigenvalue weighted by Gasteiger charge is -1.98. The van der Waals surface area contributed by atoms with E-state index in [0.717, 1.165) is 11.7 Å². The predicted octanol–water partition coefficient (Wildman–Crippen LogP) is 0.674. The molecular weight excluding hydrogens is 281 g/mol. The van der Waals surface area contributed by atoms with E-state index in [1.165, 1.54) is 6.20 Å². The molecule has 0 aromatic carbocycles. The average Bonchev–Trinajstić information content (AvgIpc) is 2.70. The molecule has 86 valence electrons. The van der Waals surface area contributed by atoms with Gasteiger partial charge in [-0.15, -0.1) is 0 Å². The van der Waals surface area contributed by atoms with Gasteiger partial charge in [-0.2, -0.15) is 8.75 Å². The van der Waals surface area contributed by atoms with Crippen LogP contribution in [-0.4, -0.2) is 36.3 Å². The first-order valence-electron chi connectivity index (χ1n) is 3.60. The first kappa shape index (κ1) is 12.8. The zero-order chi connectivity index (χ0) is 12.1. The molecule has 0 spiro atoms. The van der Waals surface area contributed by atoms with E-state index >= 15 is 0 Å². The minimum Gasteiger partial charge on any atom is -0.476 e. The quantitative estimate of drug-likeness (QED) is 0.377. The number of halogens is 2. The van der Waals surface area contributed by atoms with Crippen LogP contribution in [0.1, 0.15) is 5.69 Å². The van der Waals surface area contributed by atoms with E-state index < -0.39 is 22.5 Å². The first-order chi connectivity index (χ1) is 7.52. The molecule has 0 fully saturated rings. The summed E-state index contributed by atoms with van der Waals surface area (Å²) in [6, 6.07) is 0. The van der Waals surface area contributed by atoms with Gasteiger partial charge >= 0.3 is 11.9 Å². The Hall–Kier alpha value is -1.25. The van der Waals surface area contributed by atoms with Crippen molar-refractivity contribution in [3.8, 4) is 0 Å². The SMILES string of the molecule is O=C(O)C(=NOC(=O)C(Cl)Cl)c1cnsn1. The number of carboxylic acid groups (broad SMARTS) is 1. The molecule has 10 heteroatoms. The van der Waals surface area contributed by atoms with Crippen LogP contribution < -0.4 is 0 Å². The number of carbonyl (C=O) groups is 2. The fraction of sp³-hybridized carbons (Fsp3) is 0.167. The van der Waals surface area contributed by atoms with Gasteiger partial charge in [0.1, 0.15) is 5.69 Å². The molecule has 0 bridgehead atoms. The third-order valence-corrected chi connectivity index (χ3v) is 2.05. The standard InChI is InChI=1S/C6H3Cl2N3O4S/c7-4(8)6(14)15-10-3(5(12)13)2-1-9-16-11-2/h1,4H,(H,12,13). The normalized spacial score (nSPS) is 11.6. The molecule has 0 saturated carbocycles. The van der Waals surface area contributed by atoms with Gasteiger partial charge in [-0.3, -0.25) is 0 Å². The van der Waals surface area contributed by atoms with E-state index in [9.17, 15) is 9.59 Å². The van der Waals surface area contributed by atoms with Crippen LogP contribution in [0.25, 0.3) is 0 Å². The maximum atomic E-state index is 10.8. The van der Waals surface area contributed by atoms with E-state index in [-0.39, 0.29) is 5.69 Å². The van der Waals surface area contributed by atoms with E-state index in [2.05, 4.69) is 18.7 Å². The molecule has 0 aliphatic carbocycles. The average molecular weight is 284 g/mol. The zero-order valence-electron chi connectivity index (χ0n) is 7.33. The molecule has 7 nitrogen and oxygen atoms in total. The first-order valence-corrected chi connectivity index (χ1v) is 5.21. The topological polar surface area (TPSA) is 102 Å². The van der Waals surface area contributed by atoms with Crippen molar-refractivity contribution in [2.75, 3.05) is 0 Å². The van der Waals surface area contributed by atoms with Crippen LogP contribution in [0, 0.1) is 0 Å². The van der Waals surface area contributed by atoms with Crippen LogP contribution in [0.3, 0.4) is 0 Å². The monoisotopic (exact) mass is 283 g/mol. The van der Waals surface area contributed by atoms with Crippen LogP contribution in [0.2, 0.25) is 0 Å². The van der Waals surface area contributed by atoms with Gasteiger partial charge in [0.2, 0.25) is 10.5 Å². The number of carboxylic acids is 1. The minimum absolute atomic E-state index is 0.0222. The molecule has 1 aromatic rings. The summed E-state index contributed by atoms with van der Waals surface area (Å²) >= 11 is 11.1. The summed E-state index contributed by atoms with van der Waals surface area (Å²) < 4.78 is 7.20. The lowest BCUT2D eigenvalue weighted by atomic mass is 10.3. The molecule has 16 heavy (non-hydrogen) atoms. The van der Waals surface area contributed by atoms with Gasteiger partial charge in [0.15, 0.2) is 0 Å². The highest BCUT2D eigenvalue weighted by molar-refractivity contribution is 6.99. The summed E-state index contributed by atoms with van der Waals surface area (Å²) in [7, 11) is 0. The summed E-state index contributed by atoms with van der Waals surface area (Å²) in [5.41, 5.74) is -0.581. The Morgan fingerprint density at radius 2 is 2.25 bits per heavy atom. The van der Waals surface area contributed by atoms with E-state index in [1.54, 1.807) is 0 Å². The Labute approximate surface area is 103 Å². The smallest absolute Gasteiger partial charge is 0.367 e. The fourth-order valence-electron chi connectivity index (χ4n) is 0.595. The van der Waals surface area contributed by atoms with Crippen LogP contribution in [0.4, 0.5) is 0 Å². The van der Waals surface area contributed by atoms with Gasteiger partial charge < -0.3 is 9.94 Å². The lowest BCUT2D eigenvalue weighted by molar-refractivity contribution is -0.141. The number of oxime groups is 1. The van der Waals surface area contributed by atoms with Gasteiger partial charge in [-0.1, -0.05) is 28.4 Å². The molecule has 0 radical (unpaired) electrons. The number of carbonyl (C=O) groups excluding carboxylic acids is 1. The highest BCUT2D eigenvalue weighted by Gasteiger charge is 2.19. The number of hydrogen-bond donors (Lipinski definition) is 1. The maximum Gasteiger partial charge on any atom is 0.367 e. The number of nitrogens with zero attached hydrogens (tertiary/aromatic N) is 3. The molecule has 0 unspecified atom stereocenters. The molecule has 0 atom stereocenters. The second kappa shape index (κ2) is 5.73. The minimum atomic E-state index is -1.44. The van der Waals surface area contributed by atoms with Crippen molar-refractivity contribution >= 4 is 52.6 Å². The largest absolute Gasteiger partial charge is 0.476 e. The molecule has 0 aliphatic heterocycles. The van der Waals surface area contributed by atoms with E-state index in [1.807, 2.05) is 0 Å². The third kappa shape index (κ3) is 3.40. The van der Waals surface area contributed by atoms with Crippen LogP contribution >= 0.6 is 34.9 Å². The Morgan fingerprint density at radius 3 is 2.69 bits per heavy atom. The number of aromatic nitrogens is 2. The highest BCUT2D eigenvalue weighted by atomic mass is 35.5. The van der Waals surface area contributed by atoms with Gasteiger partial charge in [0, 0.05) is 0 Å². The van der Waals surface area contributed by atoms with Crippen molar-refractivity contribution in [3.63, 3.8) is 0 Å². The summed E-state index contributed by atoms with van der Waals surface area (Å²) in [6.07, 6.45) is 1.17. The van der Waals surface area contributed by atoms with Gasteiger partial charge in [-0.05, 0) is 0 Å². The fourth-order valence-corrected chi connectivity index (χ4v) is 1.09. The maximum absolute atomic E-state index is 10.8. The summed E-state index contributed by atoms with van der Waals surface area (Å²) in [4.78, 5) is 24.3. The van der Waals surface area contributed by atoms with Crippen molar-refractivity contribution in [2.24, 2.45) is 5.16 Å². The molecule has 1 heterocycles. The Kier molecular flexibility index (Phi) is 4.59. The Morgan fingerprint density at radius 1 is 1.56 bits per heavy atom. The molecule has 1 rings (SSSR count). The molecule has 1 N–H and O–H groups in total. The van der Waals surface area contributed by atoms with Gasteiger partial charge in [-0.25, -0.2) is 9.59 Å². The molecule has 0 saturated heterocycles. The molecule has 1 aromatic heterocycles. The van der Waals surface area contributed by atoms with Crippen LogP contribution in [0.15, 0.2) is 11.4 Å². The number of rotatable bonds is 4. The summed E-state index contributed by atoms with van der Waals surface area (Å²) in [5.74, 6) is -2.49. The zero-order valence-corrected chi connectivity index (χ0v) is 9.66. The molecular formula is C6H3Cl2N3O4S. The van der Waals surface area contributed by atoms with Crippen molar-refractivity contribution in [1.82, 2.24) is 8.75 Å². The second-order valence-corrected chi connectivity index (χ2v) is 3.90. The van der Waals surface area contributed by atoms with Crippen LogP contribution in [0.5, 0.6) is 0 Å². The van der Waals surface area contributed by atoms with Crippen molar-refractivity contribution in [1.29, 1.82) is 0 Å². The van der Waals surface area contributed by atoms with Gasteiger partial charge in [0.25, 0.3) is 0 Å². The van der Waals surface area contributed by atoms with Crippen LogP contribution in [-0.2, 0) is 14.4 Å². The summed E-state index contributed by atoms with van der Waals surface area (Å²) in [6.45, 7) is 0. The molecule has 0 amide bonds. The highest BCUT2D eigenvalue weighted by Crippen LogP contribution is 2.05. The van der Waals surface area contributed by atoms with Gasteiger partial charge in [0.05, 0.1) is 17.9 Å². The van der Waals surface area contributed by atoms with Crippen molar-refractivity contribution < 1.29 is 19.5 Å². The van der Waals surface area contributed by atoms with Crippen molar-refractivity contribution in [2.45, 2.75) is 4.84 Å². The lowest BCUT2D eigenvalue weighted by Crippen LogP contribution is -2.18. The van der Waals surface area contributed by atoms with E-state index in [0.29, 0.717) is 0 Å². The Bertz CT molecular complexity index is 419. The van der Waals surface area contributed by atoms with E-state index in [4.69, 9.17) is 28.3 Å². The third-order valence-electron chi connectivity index (χ3n) is 1.21. The van der Waals surface area contributed by atoms with Crippen molar-refractivity contribution in [3.05, 3.63) is 11.9 Å². The Balaban J connectivity index is 2.84. The summed E-state index contributed by atoms with van der Waals surface area (Å²) in [5, 5.41) is 11.8.